The second-order valence-corrected chi connectivity index (χ2v) is 6.11. The molecule has 0 bridgehead atoms. The summed E-state index contributed by atoms with van der Waals surface area (Å²) in [5.41, 5.74) is 0. The first kappa shape index (κ1) is 13.9. The van der Waals surface area contributed by atoms with Crippen LogP contribution in [0.1, 0.15) is 19.3 Å². The van der Waals surface area contributed by atoms with Gasteiger partial charge < -0.3 is 10.1 Å². The van der Waals surface area contributed by atoms with Gasteiger partial charge in [0, 0.05) is 26.7 Å². The van der Waals surface area contributed by atoms with Crippen molar-refractivity contribution in [1.82, 2.24) is 10.0 Å². The molecule has 16 heavy (non-hydrogen) atoms. The van der Waals surface area contributed by atoms with E-state index < -0.39 is 10.0 Å². The van der Waals surface area contributed by atoms with Crippen LogP contribution in [0, 0.1) is 5.92 Å². The summed E-state index contributed by atoms with van der Waals surface area (Å²) in [6.45, 7) is 2.50. The van der Waals surface area contributed by atoms with Crippen LogP contribution >= 0.6 is 0 Å². The zero-order chi connectivity index (χ0) is 11.9. The fourth-order valence-corrected chi connectivity index (χ4v) is 2.60. The van der Waals surface area contributed by atoms with E-state index in [9.17, 15) is 8.42 Å². The molecule has 2 N–H and O–H groups in total. The van der Waals surface area contributed by atoms with Crippen molar-refractivity contribution in [2.24, 2.45) is 5.92 Å². The Hall–Kier alpha value is -0.170. The minimum absolute atomic E-state index is 0.274. The minimum atomic E-state index is -3.05. The van der Waals surface area contributed by atoms with Crippen molar-refractivity contribution in [3.05, 3.63) is 0 Å². The normalized spacial score (nSPS) is 16.6. The Bertz CT molecular complexity index is 276. The van der Waals surface area contributed by atoms with E-state index in [0.717, 1.165) is 13.0 Å². The van der Waals surface area contributed by atoms with Gasteiger partial charge in [0.25, 0.3) is 0 Å². The van der Waals surface area contributed by atoms with Crippen LogP contribution in [0.15, 0.2) is 0 Å². The molecule has 0 aromatic rings. The Morgan fingerprint density at radius 3 is 2.62 bits per heavy atom. The van der Waals surface area contributed by atoms with Gasteiger partial charge in [0.1, 0.15) is 0 Å². The number of rotatable bonds is 10. The number of nitrogens with one attached hydrogen (secondary N) is 2. The van der Waals surface area contributed by atoms with Crippen LogP contribution in [-0.2, 0) is 14.8 Å². The van der Waals surface area contributed by atoms with Crippen molar-refractivity contribution in [3.8, 4) is 0 Å². The first-order chi connectivity index (χ1) is 7.64. The van der Waals surface area contributed by atoms with Crippen LogP contribution in [0.2, 0.25) is 0 Å². The molecule has 1 aliphatic carbocycles. The highest BCUT2D eigenvalue weighted by Gasteiger charge is 2.23. The molecule has 0 atom stereocenters. The smallest absolute Gasteiger partial charge is 0.211 e. The average molecular weight is 250 g/mol. The molecule has 5 nitrogen and oxygen atoms in total. The Labute approximate surface area is 98.0 Å². The summed E-state index contributed by atoms with van der Waals surface area (Å²) >= 11 is 0. The summed E-state index contributed by atoms with van der Waals surface area (Å²) < 4.78 is 30.4. The molecule has 1 saturated carbocycles. The third-order valence-electron chi connectivity index (χ3n) is 2.60. The van der Waals surface area contributed by atoms with Crippen molar-refractivity contribution in [2.75, 3.05) is 39.1 Å². The Morgan fingerprint density at radius 1 is 1.25 bits per heavy atom. The van der Waals surface area contributed by atoms with Crippen LogP contribution in [-0.4, -0.2) is 47.5 Å². The first-order valence-corrected chi connectivity index (χ1v) is 7.46. The van der Waals surface area contributed by atoms with Gasteiger partial charge in [0.05, 0.1) is 12.4 Å². The maximum Gasteiger partial charge on any atom is 0.211 e. The zero-order valence-electron chi connectivity index (χ0n) is 9.87. The second-order valence-electron chi connectivity index (χ2n) is 4.19. The number of hydrogen-bond donors (Lipinski definition) is 2. The fraction of sp³-hybridized carbons (Fsp3) is 1.00. The molecule has 0 aromatic carbocycles. The van der Waals surface area contributed by atoms with Crippen molar-refractivity contribution in [2.45, 2.75) is 19.3 Å². The van der Waals surface area contributed by atoms with Crippen LogP contribution in [0.5, 0.6) is 0 Å². The molecule has 6 heteroatoms. The third-order valence-corrected chi connectivity index (χ3v) is 4.02. The lowest BCUT2D eigenvalue weighted by atomic mass is 10.3. The van der Waals surface area contributed by atoms with E-state index in [0.29, 0.717) is 25.6 Å². The summed E-state index contributed by atoms with van der Waals surface area (Å²) in [5, 5.41) is 3.08. The van der Waals surface area contributed by atoms with Gasteiger partial charge in [0.2, 0.25) is 10.0 Å². The zero-order valence-corrected chi connectivity index (χ0v) is 10.7. The van der Waals surface area contributed by atoms with Gasteiger partial charge in [-0.15, -0.1) is 0 Å². The Kier molecular flexibility index (Phi) is 6.26. The molecule has 0 heterocycles. The van der Waals surface area contributed by atoms with Gasteiger partial charge in [-0.2, -0.15) is 0 Å². The highest BCUT2D eigenvalue weighted by molar-refractivity contribution is 7.89. The van der Waals surface area contributed by atoms with Crippen LogP contribution in [0.4, 0.5) is 0 Å². The monoisotopic (exact) mass is 250 g/mol. The quantitative estimate of drug-likeness (QED) is 0.533. The van der Waals surface area contributed by atoms with E-state index in [2.05, 4.69) is 10.0 Å². The van der Waals surface area contributed by atoms with E-state index in [4.69, 9.17) is 4.74 Å². The molecule has 0 unspecified atom stereocenters. The van der Waals surface area contributed by atoms with Gasteiger partial charge in [-0.05, 0) is 12.3 Å². The van der Waals surface area contributed by atoms with Gasteiger partial charge in [-0.1, -0.05) is 12.8 Å². The molecule has 1 aliphatic rings. The predicted molar refractivity (Wildman–Crippen MR) is 63.9 cm³/mol. The summed E-state index contributed by atoms with van der Waals surface area (Å²) in [5.74, 6) is 0.937. The molecule has 1 fully saturated rings. The molecule has 0 radical (unpaired) electrons. The SMILES string of the molecule is COCCNCCNS(=O)(=O)CCC1CC1. The van der Waals surface area contributed by atoms with Gasteiger partial charge in [0.15, 0.2) is 0 Å². The van der Waals surface area contributed by atoms with E-state index in [1.807, 2.05) is 0 Å². The molecular formula is C10H22N2O3S. The van der Waals surface area contributed by atoms with Crippen LogP contribution in [0.25, 0.3) is 0 Å². The third kappa shape index (κ3) is 7.16. The maximum absolute atomic E-state index is 11.5. The lowest BCUT2D eigenvalue weighted by Gasteiger charge is -2.07. The largest absolute Gasteiger partial charge is 0.383 e. The van der Waals surface area contributed by atoms with E-state index >= 15 is 0 Å². The Balaban J connectivity index is 1.96. The molecule has 96 valence electrons. The molecule has 0 spiro atoms. The fourth-order valence-electron chi connectivity index (χ4n) is 1.39. The first-order valence-electron chi connectivity index (χ1n) is 5.81. The van der Waals surface area contributed by atoms with Gasteiger partial charge in [-0.25, -0.2) is 13.1 Å². The van der Waals surface area contributed by atoms with Crippen LogP contribution in [0.3, 0.4) is 0 Å². The van der Waals surface area contributed by atoms with Crippen molar-refractivity contribution >= 4 is 10.0 Å². The van der Waals surface area contributed by atoms with E-state index in [1.54, 1.807) is 7.11 Å². The molecule has 0 aromatic heterocycles. The summed E-state index contributed by atoms with van der Waals surface area (Å²) in [6.07, 6.45) is 3.22. The summed E-state index contributed by atoms with van der Waals surface area (Å²) in [4.78, 5) is 0. The van der Waals surface area contributed by atoms with Crippen molar-refractivity contribution in [3.63, 3.8) is 0 Å². The standard InChI is InChI=1S/C10H22N2O3S/c1-15-8-7-11-5-6-12-16(13,14)9-4-10-2-3-10/h10-12H,2-9H2,1H3. The van der Waals surface area contributed by atoms with E-state index in [1.165, 1.54) is 12.8 Å². The highest BCUT2D eigenvalue weighted by atomic mass is 32.2. The van der Waals surface area contributed by atoms with Crippen LogP contribution < -0.4 is 10.0 Å². The second kappa shape index (κ2) is 7.21. The molecule has 0 saturated heterocycles. The highest BCUT2D eigenvalue weighted by Crippen LogP contribution is 2.32. The van der Waals surface area contributed by atoms with Gasteiger partial charge >= 0.3 is 0 Å². The lowest BCUT2D eigenvalue weighted by molar-refractivity contribution is 0.199. The molecule has 0 aliphatic heterocycles. The maximum atomic E-state index is 11.5. The number of methoxy groups -OCH3 is 1. The number of ether oxygens (including phenoxy) is 1. The topological polar surface area (TPSA) is 67.4 Å². The van der Waals surface area contributed by atoms with E-state index in [-0.39, 0.29) is 5.75 Å². The molecule has 0 amide bonds. The Morgan fingerprint density at radius 2 is 2.00 bits per heavy atom. The number of hydrogen-bond acceptors (Lipinski definition) is 4. The van der Waals surface area contributed by atoms with Gasteiger partial charge in [-0.3, -0.25) is 0 Å². The predicted octanol–water partition coefficient (Wildman–Crippen LogP) is -0.0581. The molecular weight excluding hydrogens is 228 g/mol. The minimum Gasteiger partial charge on any atom is -0.383 e. The summed E-state index contributed by atoms with van der Waals surface area (Å²) in [6, 6.07) is 0. The van der Waals surface area contributed by atoms with Crippen molar-refractivity contribution < 1.29 is 13.2 Å². The average Bonchev–Trinajstić information content (AvgIpc) is 3.04. The van der Waals surface area contributed by atoms with Crippen molar-refractivity contribution in [1.29, 1.82) is 0 Å². The lowest BCUT2D eigenvalue weighted by Crippen LogP contribution is -2.34. The summed E-state index contributed by atoms with van der Waals surface area (Å²) in [7, 11) is -1.41. The molecule has 1 rings (SSSR count). The number of sulfonamides is 1.